The molecule has 1 aliphatic rings. The number of para-hydroxylation sites is 2. The molecule has 0 unspecified atom stereocenters. The van der Waals surface area contributed by atoms with E-state index in [0.717, 1.165) is 57.1 Å². The molecule has 0 bridgehead atoms. The summed E-state index contributed by atoms with van der Waals surface area (Å²) in [4.78, 5) is 20.4. The van der Waals surface area contributed by atoms with Crippen LogP contribution in [-0.2, 0) is 4.74 Å². The Bertz CT molecular complexity index is 1010. The molecule has 0 atom stereocenters. The van der Waals surface area contributed by atoms with Crippen molar-refractivity contribution in [2.45, 2.75) is 13.3 Å². The van der Waals surface area contributed by atoms with Gasteiger partial charge in [-0.25, -0.2) is 9.55 Å². The minimum Gasteiger partial charge on any atom is -0.379 e. The normalized spacial score (nSPS) is 15.0. The summed E-state index contributed by atoms with van der Waals surface area (Å²) >= 11 is 0. The molecule has 4 rings (SSSR count). The third-order valence-corrected chi connectivity index (χ3v) is 5.17. The van der Waals surface area contributed by atoms with Gasteiger partial charge >= 0.3 is 0 Å². The van der Waals surface area contributed by atoms with E-state index in [1.54, 1.807) is 4.57 Å². The number of hydrogen-bond donors (Lipinski definition) is 1. The predicted octanol–water partition coefficient (Wildman–Crippen LogP) is 2.83. The first-order valence-corrected chi connectivity index (χ1v) is 9.86. The summed E-state index contributed by atoms with van der Waals surface area (Å²) in [6.07, 6.45) is 0.983. The summed E-state index contributed by atoms with van der Waals surface area (Å²) in [7, 11) is 0. The van der Waals surface area contributed by atoms with Crippen molar-refractivity contribution in [1.82, 2.24) is 14.5 Å². The monoisotopic (exact) mass is 378 g/mol. The molecular formula is C22H26N4O2. The van der Waals surface area contributed by atoms with Gasteiger partial charge in [0.05, 0.1) is 29.8 Å². The lowest BCUT2D eigenvalue weighted by Gasteiger charge is -2.26. The van der Waals surface area contributed by atoms with Gasteiger partial charge in [0.1, 0.15) is 0 Å². The molecule has 0 saturated carbocycles. The first-order chi connectivity index (χ1) is 13.7. The van der Waals surface area contributed by atoms with Crippen LogP contribution >= 0.6 is 0 Å². The van der Waals surface area contributed by atoms with E-state index in [4.69, 9.17) is 9.72 Å². The van der Waals surface area contributed by atoms with Gasteiger partial charge in [-0.3, -0.25) is 9.69 Å². The van der Waals surface area contributed by atoms with Crippen LogP contribution in [0.25, 0.3) is 16.6 Å². The number of anilines is 1. The van der Waals surface area contributed by atoms with E-state index in [9.17, 15) is 4.79 Å². The number of aromatic nitrogens is 2. The van der Waals surface area contributed by atoms with Crippen molar-refractivity contribution in [3.05, 3.63) is 64.4 Å². The maximum absolute atomic E-state index is 13.2. The Morgan fingerprint density at radius 3 is 2.64 bits per heavy atom. The molecule has 0 spiro atoms. The van der Waals surface area contributed by atoms with Gasteiger partial charge in [0.15, 0.2) is 0 Å². The van der Waals surface area contributed by atoms with Gasteiger partial charge in [0, 0.05) is 19.6 Å². The summed E-state index contributed by atoms with van der Waals surface area (Å²) < 4.78 is 7.10. The van der Waals surface area contributed by atoms with E-state index in [1.165, 1.54) is 0 Å². The van der Waals surface area contributed by atoms with Gasteiger partial charge in [-0.2, -0.15) is 0 Å². The summed E-state index contributed by atoms with van der Waals surface area (Å²) in [5, 5.41) is 4.03. The van der Waals surface area contributed by atoms with Crippen LogP contribution in [0, 0.1) is 6.92 Å². The molecule has 2 heterocycles. The van der Waals surface area contributed by atoms with Gasteiger partial charge in [-0.1, -0.05) is 30.3 Å². The molecule has 1 aromatic heterocycles. The number of benzene rings is 2. The van der Waals surface area contributed by atoms with Gasteiger partial charge in [0.25, 0.3) is 5.56 Å². The SMILES string of the molecule is Cc1ccccc1-n1c(NCCCN2CCOCC2)nc2ccccc2c1=O. The lowest BCUT2D eigenvalue weighted by atomic mass is 10.2. The molecule has 2 aromatic carbocycles. The number of nitrogens with one attached hydrogen (secondary N) is 1. The second kappa shape index (κ2) is 8.54. The second-order valence-corrected chi connectivity index (χ2v) is 7.11. The Morgan fingerprint density at radius 2 is 1.82 bits per heavy atom. The Balaban J connectivity index is 1.61. The highest BCUT2D eigenvalue weighted by molar-refractivity contribution is 5.79. The summed E-state index contributed by atoms with van der Waals surface area (Å²) in [5.74, 6) is 0.597. The van der Waals surface area contributed by atoms with E-state index >= 15 is 0 Å². The van der Waals surface area contributed by atoms with E-state index < -0.39 is 0 Å². The van der Waals surface area contributed by atoms with Crippen LogP contribution in [-0.4, -0.2) is 53.8 Å². The van der Waals surface area contributed by atoms with Crippen LogP contribution in [0.1, 0.15) is 12.0 Å². The number of ether oxygens (including phenoxy) is 1. The van der Waals surface area contributed by atoms with Crippen LogP contribution in [0.3, 0.4) is 0 Å². The van der Waals surface area contributed by atoms with Gasteiger partial charge < -0.3 is 10.1 Å². The van der Waals surface area contributed by atoms with Crippen molar-refractivity contribution >= 4 is 16.9 Å². The minimum absolute atomic E-state index is 0.0458. The van der Waals surface area contributed by atoms with E-state index in [-0.39, 0.29) is 5.56 Å². The third-order valence-electron chi connectivity index (χ3n) is 5.17. The summed E-state index contributed by atoms with van der Waals surface area (Å²) in [6.45, 7) is 7.38. The summed E-state index contributed by atoms with van der Waals surface area (Å²) in [6, 6.07) is 15.4. The first-order valence-electron chi connectivity index (χ1n) is 9.86. The number of morpholine rings is 1. The molecule has 1 aliphatic heterocycles. The van der Waals surface area contributed by atoms with Crippen molar-refractivity contribution in [3.63, 3.8) is 0 Å². The topological polar surface area (TPSA) is 59.4 Å². The number of aryl methyl sites for hydroxylation is 1. The molecule has 0 aliphatic carbocycles. The van der Waals surface area contributed by atoms with Crippen LogP contribution < -0.4 is 10.9 Å². The molecule has 146 valence electrons. The van der Waals surface area contributed by atoms with Crippen molar-refractivity contribution in [2.24, 2.45) is 0 Å². The highest BCUT2D eigenvalue weighted by Crippen LogP contribution is 2.19. The quantitative estimate of drug-likeness (QED) is 0.669. The van der Waals surface area contributed by atoms with Crippen LogP contribution in [0.5, 0.6) is 0 Å². The molecule has 1 N–H and O–H groups in total. The zero-order valence-electron chi connectivity index (χ0n) is 16.2. The number of nitrogens with zero attached hydrogens (tertiary/aromatic N) is 3. The highest BCUT2D eigenvalue weighted by Gasteiger charge is 2.14. The zero-order valence-corrected chi connectivity index (χ0v) is 16.2. The maximum atomic E-state index is 13.2. The zero-order chi connectivity index (χ0) is 19.3. The molecule has 1 saturated heterocycles. The third kappa shape index (κ3) is 3.93. The van der Waals surface area contributed by atoms with Crippen LogP contribution in [0.15, 0.2) is 53.3 Å². The lowest BCUT2D eigenvalue weighted by Crippen LogP contribution is -2.37. The average Bonchev–Trinajstić information content (AvgIpc) is 2.73. The van der Waals surface area contributed by atoms with Gasteiger partial charge in [-0.05, 0) is 43.7 Å². The number of hydrogen-bond acceptors (Lipinski definition) is 5. The smallest absolute Gasteiger partial charge is 0.267 e. The van der Waals surface area contributed by atoms with Gasteiger partial charge in [-0.15, -0.1) is 0 Å². The van der Waals surface area contributed by atoms with Crippen LogP contribution in [0.2, 0.25) is 0 Å². The second-order valence-electron chi connectivity index (χ2n) is 7.11. The fourth-order valence-electron chi connectivity index (χ4n) is 3.62. The van der Waals surface area contributed by atoms with Crippen molar-refractivity contribution < 1.29 is 4.74 Å². The minimum atomic E-state index is -0.0458. The number of rotatable bonds is 6. The Kier molecular flexibility index (Phi) is 5.69. The average molecular weight is 378 g/mol. The molecule has 0 amide bonds. The first kappa shape index (κ1) is 18.7. The Morgan fingerprint density at radius 1 is 1.07 bits per heavy atom. The summed E-state index contributed by atoms with van der Waals surface area (Å²) in [5.41, 5.74) is 2.57. The van der Waals surface area contributed by atoms with Crippen molar-refractivity contribution in [2.75, 3.05) is 44.7 Å². The molecular weight excluding hydrogens is 352 g/mol. The molecule has 0 radical (unpaired) electrons. The molecule has 1 fully saturated rings. The van der Waals surface area contributed by atoms with Crippen molar-refractivity contribution in [3.8, 4) is 5.69 Å². The highest BCUT2D eigenvalue weighted by atomic mass is 16.5. The van der Waals surface area contributed by atoms with E-state index in [1.807, 2.05) is 55.5 Å². The molecule has 3 aromatic rings. The molecule has 6 nitrogen and oxygen atoms in total. The van der Waals surface area contributed by atoms with Gasteiger partial charge in [0.2, 0.25) is 5.95 Å². The van der Waals surface area contributed by atoms with E-state index in [2.05, 4.69) is 10.2 Å². The predicted molar refractivity (Wildman–Crippen MR) is 112 cm³/mol. The van der Waals surface area contributed by atoms with Crippen molar-refractivity contribution in [1.29, 1.82) is 0 Å². The maximum Gasteiger partial charge on any atom is 0.267 e. The van der Waals surface area contributed by atoms with Crippen LogP contribution in [0.4, 0.5) is 5.95 Å². The number of fused-ring (bicyclic) bond motifs is 1. The lowest BCUT2D eigenvalue weighted by molar-refractivity contribution is 0.0378. The fourth-order valence-corrected chi connectivity index (χ4v) is 3.62. The Labute approximate surface area is 164 Å². The van der Waals surface area contributed by atoms with E-state index in [0.29, 0.717) is 16.9 Å². The largest absolute Gasteiger partial charge is 0.379 e. The standard InChI is InChI=1S/C22H26N4O2/c1-17-7-2-5-10-20(17)26-21(27)18-8-3-4-9-19(18)24-22(26)23-11-6-12-25-13-15-28-16-14-25/h2-5,7-10H,6,11-16H2,1H3,(H,23,24). The fraction of sp³-hybridized carbons (Fsp3) is 0.364. The Hall–Kier alpha value is -2.70. The molecule has 28 heavy (non-hydrogen) atoms. The molecule has 6 heteroatoms.